The van der Waals surface area contributed by atoms with Crippen molar-refractivity contribution >= 4 is 5.91 Å². The zero-order chi connectivity index (χ0) is 8.15. The molecule has 0 saturated heterocycles. The Balaban J connectivity index is 3.61. The highest BCUT2D eigenvalue weighted by Gasteiger charge is 2.18. The van der Waals surface area contributed by atoms with Crippen LogP contribution < -0.4 is 11.3 Å². The van der Waals surface area contributed by atoms with E-state index in [-0.39, 0.29) is 0 Å². The normalized spacial score (nSPS) is 13.3. The number of nitrogens with two attached hydrogens (primary N) is 1. The van der Waals surface area contributed by atoms with Gasteiger partial charge in [0.15, 0.2) is 0 Å². The summed E-state index contributed by atoms with van der Waals surface area (Å²) in [5.74, 6) is 3.54. The third kappa shape index (κ3) is 3.31. The molecule has 0 aromatic carbocycles. The van der Waals surface area contributed by atoms with Crippen LogP contribution in [0.15, 0.2) is 0 Å². The first-order valence-corrected chi connectivity index (χ1v) is 2.54. The number of aliphatic hydroxyl groups excluding tert-OH is 1. The summed E-state index contributed by atoms with van der Waals surface area (Å²) in [4.78, 5) is 10.2. The minimum absolute atomic E-state index is 0.886. The highest BCUT2D eigenvalue weighted by Crippen LogP contribution is 2.02. The molecule has 0 aliphatic rings. The SMILES string of the molecule is NNC(=O)[C@H](O)CC(F)F. The van der Waals surface area contributed by atoms with Crippen molar-refractivity contribution in [1.29, 1.82) is 0 Å². The number of carbonyl (C=O) groups excluding carboxylic acids is 1. The fourth-order valence-electron chi connectivity index (χ4n) is 0.372. The van der Waals surface area contributed by atoms with Gasteiger partial charge in [-0.3, -0.25) is 10.2 Å². The lowest BCUT2D eigenvalue weighted by molar-refractivity contribution is -0.131. The van der Waals surface area contributed by atoms with Crippen LogP contribution in [0.3, 0.4) is 0 Å². The topological polar surface area (TPSA) is 75.3 Å². The molecule has 10 heavy (non-hydrogen) atoms. The van der Waals surface area contributed by atoms with Crippen molar-refractivity contribution in [2.24, 2.45) is 5.84 Å². The van der Waals surface area contributed by atoms with Crippen LogP contribution in [-0.2, 0) is 4.79 Å². The summed E-state index contributed by atoms with van der Waals surface area (Å²) in [5, 5.41) is 8.52. The lowest BCUT2D eigenvalue weighted by Crippen LogP contribution is -2.39. The molecule has 60 valence electrons. The molecule has 0 unspecified atom stereocenters. The van der Waals surface area contributed by atoms with Crippen molar-refractivity contribution in [3.8, 4) is 0 Å². The smallest absolute Gasteiger partial charge is 0.262 e. The van der Waals surface area contributed by atoms with Crippen molar-refractivity contribution in [3.05, 3.63) is 0 Å². The summed E-state index contributed by atoms with van der Waals surface area (Å²) in [5.41, 5.74) is 1.55. The van der Waals surface area contributed by atoms with Crippen molar-refractivity contribution in [1.82, 2.24) is 5.43 Å². The zero-order valence-corrected chi connectivity index (χ0v) is 5.05. The average molecular weight is 154 g/mol. The van der Waals surface area contributed by atoms with E-state index in [1.54, 1.807) is 5.43 Å². The van der Waals surface area contributed by atoms with Gasteiger partial charge in [-0.05, 0) is 0 Å². The summed E-state index contributed by atoms with van der Waals surface area (Å²) in [6.45, 7) is 0. The molecule has 0 aromatic rings. The molecule has 0 aromatic heterocycles. The third-order valence-corrected chi connectivity index (χ3v) is 0.846. The Hall–Kier alpha value is -0.750. The predicted octanol–water partition coefficient (Wildman–Crippen LogP) is -1.01. The maximum absolute atomic E-state index is 11.4. The molecule has 1 amide bonds. The Morgan fingerprint density at radius 3 is 2.50 bits per heavy atom. The van der Waals surface area contributed by atoms with E-state index in [1.165, 1.54) is 0 Å². The van der Waals surface area contributed by atoms with Gasteiger partial charge in [-0.25, -0.2) is 14.6 Å². The highest BCUT2D eigenvalue weighted by molar-refractivity contribution is 5.79. The molecule has 4 N–H and O–H groups in total. The summed E-state index contributed by atoms with van der Waals surface area (Å²) >= 11 is 0. The van der Waals surface area contributed by atoms with Crippen LogP contribution in [0, 0.1) is 0 Å². The Morgan fingerprint density at radius 1 is 1.70 bits per heavy atom. The van der Waals surface area contributed by atoms with Crippen LogP contribution in [0.4, 0.5) is 8.78 Å². The quantitative estimate of drug-likeness (QED) is 0.277. The fourth-order valence-corrected chi connectivity index (χ4v) is 0.372. The number of aliphatic hydroxyl groups is 1. The van der Waals surface area contributed by atoms with E-state index in [2.05, 4.69) is 5.84 Å². The first kappa shape index (κ1) is 9.25. The largest absolute Gasteiger partial charge is 0.383 e. The number of alkyl halides is 2. The predicted molar refractivity (Wildman–Crippen MR) is 29.0 cm³/mol. The Labute approximate surface area is 56.0 Å². The maximum atomic E-state index is 11.4. The minimum Gasteiger partial charge on any atom is -0.383 e. The average Bonchev–Trinajstić information content (AvgIpc) is 1.85. The molecule has 4 nitrogen and oxygen atoms in total. The summed E-state index contributed by atoms with van der Waals surface area (Å²) in [6.07, 6.45) is -5.31. The first-order chi connectivity index (χ1) is 4.57. The van der Waals surface area contributed by atoms with Gasteiger partial charge < -0.3 is 5.11 Å². The van der Waals surface area contributed by atoms with Crippen molar-refractivity contribution in [2.45, 2.75) is 19.0 Å². The van der Waals surface area contributed by atoms with Gasteiger partial charge >= 0.3 is 0 Å². The van der Waals surface area contributed by atoms with Crippen LogP contribution in [0.5, 0.6) is 0 Å². The van der Waals surface area contributed by atoms with E-state index in [0.29, 0.717) is 0 Å². The molecule has 0 radical (unpaired) electrons. The molecular formula is C4H8F2N2O2. The third-order valence-electron chi connectivity index (χ3n) is 0.846. The number of halogens is 2. The summed E-state index contributed by atoms with van der Waals surface area (Å²) < 4.78 is 22.8. The number of rotatable bonds is 3. The maximum Gasteiger partial charge on any atom is 0.262 e. The lowest BCUT2D eigenvalue weighted by atomic mass is 10.2. The van der Waals surface area contributed by atoms with Crippen molar-refractivity contribution in [2.75, 3.05) is 0 Å². The number of hydrogen-bond donors (Lipinski definition) is 3. The molecule has 0 rings (SSSR count). The highest BCUT2D eigenvalue weighted by atomic mass is 19.3. The molecule has 6 heteroatoms. The number of nitrogens with one attached hydrogen (secondary N) is 1. The second-order valence-corrected chi connectivity index (χ2v) is 1.65. The molecule has 0 saturated carbocycles. The van der Waals surface area contributed by atoms with E-state index < -0.39 is 24.9 Å². The van der Waals surface area contributed by atoms with Crippen LogP contribution in [0.1, 0.15) is 6.42 Å². The Kier molecular flexibility index (Phi) is 3.82. The van der Waals surface area contributed by atoms with Gasteiger partial charge in [-0.2, -0.15) is 0 Å². The van der Waals surface area contributed by atoms with Gasteiger partial charge in [0, 0.05) is 6.42 Å². The number of hydrogen-bond acceptors (Lipinski definition) is 3. The number of hydrazine groups is 1. The van der Waals surface area contributed by atoms with Crippen LogP contribution in [0.2, 0.25) is 0 Å². The van der Waals surface area contributed by atoms with Crippen molar-refractivity contribution in [3.63, 3.8) is 0 Å². The lowest BCUT2D eigenvalue weighted by Gasteiger charge is -2.06. The molecule has 1 atom stereocenters. The summed E-state index contributed by atoms with van der Waals surface area (Å²) in [7, 11) is 0. The van der Waals surface area contributed by atoms with Crippen LogP contribution in [-0.4, -0.2) is 23.5 Å². The van der Waals surface area contributed by atoms with Gasteiger partial charge in [0.2, 0.25) is 6.43 Å². The van der Waals surface area contributed by atoms with Gasteiger partial charge in [0.1, 0.15) is 6.10 Å². The van der Waals surface area contributed by atoms with Crippen molar-refractivity contribution < 1.29 is 18.7 Å². The van der Waals surface area contributed by atoms with E-state index >= 15 is 0 Å². The molecule has 0 spiro atoms. The molecule has 0 aliphatic carbocycles. The standard InChI is InChI=1S/C4H8F2N2O2/c5-3(6)1-2(9)4(10)8-7/h2-3,9H,1,7H2,(H,8,10)/t2-/m1/s1. The van der Waals surface area contributed by atoms with Gasteiger partial charge in [-0.1, -0.05) is 0 Å². The minimum atomic E-state index is -2.70. The molecule has 0 fully saturated rings. The van der Waals surface area contributed by atoms with Crippen LogP contribution in [0.25, 0.3) is 0 Å². The van der Waals surface area contributed by atoms with Gasteiger partial charge in [-0.15, -0.1) is 0 Å². The Bertz CT molecular complexity index is 120. The van der Waals surface area contributed by atoms with Gasteiger partial charge in [0.05, 0.1) is 0 Å². The van der Waals surface area contributed by atoms with Crippen LogP contribution >= 0.6 is 0 Å². The molecule has 0 heterocycles. The number of amides is 1. The molecule has 0 aliphatic heterocycles. The van der Waals surface area contributed by atoms with E-state index in [9.17, 15) is 13.6 Å². The van der Waals surface area contributed by atoms with Gasteiger partial charge in [0.25, 0.3) is 5.91 Å². The monoisotopic (exact) mass is 154 g/mol. The first-order valence-electron chi connectivity index (χ1n) is 2.54. The van der Waals surface area contributed by atoms with E-state index in [0.717, 1.165) is 0 Å². The summed E-state index contributed by atoms with van der Waals surface area (Å²) in [6, 6.07) is 0. The second-order valence-electron chi connectivity index (χ2n) is 1.65. The fraction of sp³-hybridized carbons (Fsp3) is 0.750. The Morgan fingerprint density at radius 2 is 2.20 bits per heavy atom. The second kappa shape index (κ2) is 4.13. The molecular weight excluding hydrogens is 146 g/mol. The van der Waals surface area contributed by atoms with E-state index in [1.807, 2.05) is 0 Å². The number of carbonyl (C=O) groups is 1. The zero-order valence-electron chi connectivity index (χ0n) is 5.05. The van der Waals surface area contributed by atoms with E-state index in [4.69, 9.17) is 5.11 Å². The molecule has 0 bridgehead atoms.